The molecule has 0 spiro atoms. The van der Waals surface area contributed by atoms with Gasteiger partial charge in [-0.25, -0.2) is 9.78 Å². The summed E-state index contributed by atoms with van der Waals surface area (Å²) in [5.74, 6) is -2.35. The van der Waals surface area contributed by atoms with Crippen LogP contribution < -0.4 is 10.6 Å². The predicted molar refractivity (Wildman–Crippen MR) is 183 cm³/mol. The summed E-state index contributed by atoms with van der Waals surface area (Å²) in [6.07, 6.45) is -0.772. The van der Waals surface area contributed by atoms with E-state index in [0.717, 1.165) is 21.7 Å². The van der Waals surface area contributed by atoms with E-state index in [-0.39, 0.29) is 65.1 Å². The van der Waals surface area contributed by atoms with Crippen molar-refractivity contribution in [2.75, 3.05) is 72.6 Å². The van der Waals surface area contributed by atoms with Gasteiger partial charge in [-0.2, -0.15) is 0 Å². The Morgan fingerprint density at radius 3 is 2.00 bits per heavy atom. The number of carboxylic acid groups (broad SMARTS) is 1. The summed E-state index contributed by atoms with van der Waals surface area (Å²) < 4.78 is 26.3. The molecule has 0 saturated carbocycles. The van der Waals surface area contributed by atoms with Crippen molar-refractivity contribution in [1.82, 2.24) is 20.5 Å². The van der Waals surface area contributed by atoms with E-state index in [1.54, 1.807) is 16.8 Å². The minimum Gasteiger partial charge on any atom is -0.480 e. The third-order valence-corrected chi connectivity index (χ3v) is 8.64. The number of carbonyl (C=O) groups excluding carboxylic acids is 3. The van der Waals surface area contributed by atoms with E-state index in [2.05, 4.69) is 15.6 Å². The third kappa shape index (κ3) is 14.0. The lowest BCUT2D eigenvalue weighted by molar-refractivity contribution is -0.144. The minimum absolute atomic E-state index is 0.0175. The van der Waals surface area contributed by atoms with Crippen molar-refractivity contribution in [1.29, 1.82) is 0 Å². The summed E-state index contributed by atoms with van der Waals surface area (Å²) in [6, 6.07) is 5.99. The Hall–Kier alpha value is -3.51. The fraction of sp³-hybridized carbons (Fsp3) is 0.618. The molecule has 1 fully saturated rings. The number of nitrogens with one attached hydrogen (secondary N) is 2. The molecule has 1 aliphatic rings. The van der Waals surface area contributed by atoms with Gasteiger partial charge in [0.1, 0.15) is 25.3 Å². The monoisotopic (exact) mass is 722 g/mol. The van der Waals surface area contributed by atoms with Gasteiger partial charge >= 0.3 is 5.97 Å². The standard InChI is InChI=1S/C34H50N4O11S/c1-23-30(50-22-36-23)25-7-5-24(6-8-25)18-35-32(43)27-17-26(39)19-38(27)33(44)31(34(2,3)4)37-28(40)20-48-15-13-46-11-9-45-10-12-47-14-16-49-21-29(41)42/h5-8,22,26-27,31,39H,9-21H2,1-4H3,(H,35,43)(H,37,40)(H,41,42). The average Bonchev–Trinajstić information content (AvgIpc) is 3.68. The van der Waals surface area contributed by atoms with Crippen LogP contribution in [0.2, 0.25) is 0 Å². The Bertz CT molecular complexity index is 1370. The molecule has 3 unspecified atom stereocenters. The fourth-order valence-corrected chi connectivity index (χ4v) is 5.90. The number of aliphatic hydroxyl groups is 1. The number of rotatable bonds is 22. The summed E-state index contributed by atoms with van der Waals surface area (Å²) >= 11 is 1.57. The third-order valence-electron chi connectivity index (χ3n) is 7.66. The van der Waals surface area contributed by atoms with Crippen LogP contribution >= 0.6 is 11.3 Å². The molecule has 50 heavy (non-hydrogen) atoms. The van der Waals surface area contributed by atoms with Crippen LogP contribution in [0.25, 0.3) is 10.4 Å². The van der Waals surface area contributed by atoms with Crippen LogP contribution in [0, 0.1) is 12.3 Å². The van der Waals surface area contributed by atoms with E-state index in [1.165, 1.54) is 4.90 Å². The van der Waals surface area contributed by atoms with Crippen molar-refractivity contribution in [3.05, 3.63) is 41.0 Å². The summed E-state index contributed by atoms with van der Waals surface area (Å²) in [6.45, 7) is 9.16. The largest absolute Gasteiger partial charge is 0.480 e. The normalized spacial score (nSPS) is 16.7. The van der Waals surface area contributed by atoms with Crippen molar-refractivity contribution in [2.45, 2.75) is 58.8 Å². The number of aromatic nitrogens is 1. The molecule has 1 aromatic heterocycles. The first-order valence-electron chi connectivity index (χ1n) is 16.5. The summed E-state index contributed by atoms with van der Waals surface area (Å²) in [5, 5.41) is 24.6. The predicted octanol–water partition coefficient (Wildman–Crippen LogP) is 1.40. The Balaban J connectivity index is 1.36. The first-order valence-corrected chi connectivity index (χ1v) is 17.4. The van der Waals surface area contributed by atoms with Crippen molar-refractivity contribution in [3.8, 4) is 10.4 Å². The molecule has 278 valence electrons. The SMILES string of the molecule is Cc1ncsc1-c1ccc(CNC(=O)C2CC(O)CN2C(=O)C(NC(=O)COCCOCCOCCOCCOCC(=O)O)C(C)(C)C)cc1. The first-order chi connectivity index (χ1) is 23.9. The molecule has 4 N–H and O–H groups in total. The van der Waals surface area contributed by atoms with Crippen molar-refractivity contribution >= 4 is 35.0 Å². The number of β-amino-alcohol motifs (C(OH)–C–C–N with tert-alkyl or cyclic N) is 1. The number of nitrogens with zero attached hydrogens (tertiary/aromatic N) is 2. The molecule has 2 heterocycles. The van der Waals surface area contributed by atoms with Crippen LogP contribution in [0.4, 0.5) is 0 Å². The number of benzene rings is 1. The second kappa shape index (κ2) is 21.0. The molecule has 1 aliphatic heterocycles. The van der Waals surface area contributed by atoms with Gasteiger partial charge in [0.05, 0.1) is 75.0 Å². The molecular weight excluding hydrogens is 672 g/mol. The maximum absolute atomic E-state index is 13.8. The maximum Gasteiger partial charge on any atom is 0.329 e. The number of hydrogen-bond donors (Lipinski definition) is 4. The molecule has 2 aromatic rings. The van der Waals surface area contributed by atoms with Gasteiger partial charge in [-0.1, -0.05) is 45.0 Å². The van der Waals surface area contributed by atoms with E-state index in [9.17, 15) is 24.3 Å². The van der Waals surface area contributed by atoms with Gasteiger partial charge in [0.25, 0.3) is 0 Å². The highest BCUT2D eigenvalue weighted by Gasteiger charge is 2.44. The van der Waals surface area contributed by atoms with Crippen LogP contribution in [0.3, 0.4) is 0 Å². The van der Waals surface area contributed by atoms with Crippen LogP contribution in [-0.2, 0) is 49.4 Å². The molecule has 16 heteroatoms. The van der Waals surface area contributed by atoms with Gasteiger partial charge < -0.3 is 49.4 Å². The van der Waals surface area contributed by atoms with Gasteiger partial charge in [0.15, 0.2) is 0 Å². The molecule has 1 saturated heterocycles. The quantitative estimate of drug-likeness (QED) is 0.128. The molecule has 0 bridgehead atoms. The number of carboxylic acids is 1. The summed E-state index contributed by atoms with van der Waals surface area (Å²) in [4.78, 5) is 56.9. The zero-order chi connectivity index (χ0) is 36.5. The number of amides is 3. The fourth-order valence-electron chi connectivity index (χ4n) is 5.08. The Labute approximate surface area is 296 Å². The zero-order valence-electron chi connectivity index (χ0n) is 29.2. The second-order valence-corrected chi connectivity index (χ2v) is 13.6. The Morgan fingerprint density at radius 2 is 1.48 bits per heavy atom. The first kappa shape index (κ1) is 40.9. The topological polar surface area (TPSA) is 195 Å². The highest BCUT2D eigenvalue weighted by molar-refractivity contribution is 7.13. The molecule has 3 amide bonds. The van der Waals surface area contributed by atoms with Gasteiger partial charge in [-0.15, -0.1) is 11.3 Å². The van der Waals surface area contributed by atoms with Gasteiger partial charge in [0.2, 0.25) is 17.7 Å². The number of aliphatic hydroxyl groups excluding tert-OH is 1. The zero-order valence-corrected chi connectivity index (χ0v) is 30.0. The van der Waals surface area contributed by atoms with E-state index in [1.807, 2.05) is 52.0 Å². The highest BCUT2D eigenvalue weighted by atomic mass is 32.1. The molecule has 0 aliphatic carbocycles. The van der Waals surface area contributed by atoms with Gasteiger partial charge in [-0.3, -0.25) is 14.4 Å². The lowest BCUT2D eigenvalue weighted by Gasteiger charge is -2.35. The lowest BCUT2D eigenvalue weighted by Crippen LogP contribution is -2.58. The molecule has 1 aromatic carbocycles. The van der Waals surface area contributed by atoms with E-state index < -0.39 is 41.4 Å². The van der Waals surface area contributed by atoms with E-state index in [0.29, 0.717) is 26.4 Å². The van der Waals surface area contributed by atoms with E-state index in [4.69, 9.17) is 28.8 Å². The maximum atomic E-state index is 13.8. The smallest absolute Gasteiger partial charge is 0.329 e. The Kier molecular flexibility index (Phi) is 17.2. The number of aliphatic carboxylic acids is 1. The molecule has 3 rings (SSSR count). The molecule has 15 nitrogen and oxygen atoms in total. The van der Waals surface area contributed by atoms with Gasteiger partial charge in [0, 0.05) is 19.5 Å². The summed E-state index contributed by atoms with van der Waals surface area (Å²) in [5.41, 5.74) is 4.01. The van der Waals surface area contributed by atoms with Crippen LogP contribution in [0.5, 0.6) is 0 Å². The van der Waals surface area contributed by atoms with Crippen LogP contribution in [0.1, 0.15) is 38.4 Å². The average molecular weight is 723 g/mol. The second-order valence-electron chi connectivity index (χ2n) is 12.8. The summed E-state index contributed by atoms with van der Waals surface area (Å²) in [7, 11) is 0. The van der Waals surface area contributed by atoms with E-state index >= 15 is 0 Å². The van der Waals surface area contributed by atoms with Crippen molar-refractivity contribution in [3.63, 3.8) is 0 Å². The molecular formula is C34H50N4O11S. The number of hydrogen-bond acceptors (Lipinski definition) is 12. The highest BCUT2D eigenvalue weighted by Crippen LogP contribution is 2.28. The van der Waals surface area contributed by atoms with Crippen LogP contribution in [-0.4, -0.2) is 135 Å². The molecule has 3 atom stereocenters. The minimum atomic E-state index is -1.03. The molecule has 0 radical (unpaired) electrons. The number of thiazole rings is 1. The van der Waals surface area contributed by atoms with Gasteiger partial charge in [-0.05, 0) is 23.5 Å². The number of aryl methyl sites for hydroxylation is 1. The van der Waals surface area contributed by atoms with Crippen molar-refractivity contribution < 1.29 is 53.1 Å². The Morgan fingerprint density at radius 1 is 0.920 bits per heavy atom. The number of carbonyl (C=O) groups is 4. The number of likely N-dealkylation sites (tertiary alicyclic amines) is 1. The van der Waals surface area contributed by atoms with Crippen molar-refractivity contribution in [2.24, 2.45) is 5.41 Å². The number of ether oxygens (including phenoxy) is 5. The lowest BCUT2D eigenvalue weighted by atomic mass is 9.85. The van der Waals surface area contributed by atoms with Crippen LogP contribution in [0.15, 0.2) is 29.8 Å².